The Balaban J connectivity index is 2.62. The van der Waals surface area contributed by atoms with Gasteiger partial charge in [-0.2, -0.15) is 0 Å². The molecule has 1 aromatic heterocycles. The second kappa shape index (κ2) is 5.98. The average molecular weight is 235 g/mol. The van der Waals surface area contributed by atoms with Crippen molar-refractivity contribution in [2.24, 2.45) is 5.92 Å². The van der Waals surface area contributed by atoms with E-state index >= 15 is 0 Å². The summed E-state index contributed by atoms with van der Waals surface area (Å²) in [4.78, 5) is 26.7. The van der Waals surface area contributed by atoms with Crippen LogP contribution in [0, 0.1) is 5.92 Å². The van der Waals surface area contributed by atoms with Crippen LogP contribution in [0.25, 0.3) is 0 Å². The third-order valence-electron chi connectivity index (χ3n) is 2.11. The third kappa shape index (κ3) is 4.22. The predicted octanol–water partition coefficient (Wildman–Crippen LogP) is 1.43. The van der Waals surface area contributed by atoms with Crippen molar-refractivity contribution in [2.45, 2.75) is 20.3 Å². The molecule has 0 spiro atoms. The molecule has 0 aliphatic carbocycles. The summed E-state index contributed by atoms with van der Waals surface area (Å²) in [7, 11) is 1.56. The first-order chi connectivity index (χ1) is 8.02. The first-order valence-corrected chi connectivity index (χ1v) is 5.51. The second-order valence-corrected chi connectivity index (χ2v) is 4.16. The molecule has 0 unspecified atom stereocenters. The quantitative estimate of drug-likeness (QED) is 0.829. The average Bonchev–Trinajstić information content (AvgIpc) is 2.28. The Labute approximate surface area is 101 Å². The van der Waals surface area contributed by atoms with Crippen LogP contribution in [-0.4, -0.2) is 23.8 Å². The van der Waals surface area contributed by atoms with Gasteiger partial charge in [0.05, 0.1) is 5.56 Å². The number of pyridine rings is 1. The van der Waals surface area contributed by atoms with Gasteiger partial charge in [0.2, 0.25) is 5.91 Å². The number of aromatic nitrogens is 1. The molecule has 17 heavy (non-hydrogen) atoms. The molecule has 0 fully saturated rings. The maximum atomic E-state index is 11.5. The molecule has 0 aliphatic rings. The fourth-order valence-corrected chi connectivity index (χ4v) is 1.31. The Morgan fingerprint density at radius 2 is 2.06 bits per heavy atom. The normalized spacial score (nSPS) is 10.1. The minimum Gasteiger partial charge on any atom is -0.355 e. The van der Waals surface area contributed by atoms with E-state index in [9.17, 15) is 9.59 Å². The van der Waals surface area contributed by atoms with Gasteiger partial charge in [-0.25, -0.2) is 4.98 Å². The lowest BCUT2D eigenvalue weighted by Crippen LogP contribution is -2.18. The molecule has 5 nitrogen and oxygen atoms in total. The van der Waals surface area contributed by atoms with Crippen LogP contribution in [-0.2, 0) is 4.79 Å². The third-order valence-corrected chi connectivity index (χ3v) is 2.11. The van der Waals surface area contributed by atoms with Gasteiger partial charge >= 0.3 is 0 Å². The number of hydrogen-bond acceptors (Lipinski definition) is 3. The first kappa shape index (κ1) is 13.2. The summed E-state index contributed by atoms with van der Waals surface area (Å²) in [5, 5.41) is 5.18. The molecule has 2 amide bonds. The summed E-state index contributed by atoms with van der Waals surface area (Å²) < 4.78 is 0. The molecule has 1 heterocycles. The maximum absolute atomic E-state index is 11.5. The number of nitrogens with one attached hydrogen (secondary N) is 2. The molecule has 0 bridgehead atoms. The van der Waals surface area contributed by atoms with E-state index in [1.807, 2.05) is 13.8 Å². The highest BCUT2D eigenvalue weighted by molar-refractivity contribution is 5.94. The minimum atomic E-state index is -0.197. The van der Waals surface area contributed by atoms with Crippen molar-refractivity contribution in [1.82, 2.24) is 10.3 Å². The Morgan fingerprint density at radius 3 is 2.53 bits per heavy atom. The van der Waals surface area contributed by atoms with E-state index in [-0.39, 0.29) is 11.8 Å². The van der Waals surface area contributed by atoms with E-state index in [0.29, 0.717) is 23.7 Å². The van der Waals surface area contributed by atoms with Crippen LogP contribution < -0.4 is 10.6 Å². The van der Waals surface area contributed by atoms with Crippen LogP contribution in [0.5, 0.6) is 0 Å². The van der Waals surface area contributed by atoms with E-state index in [1.165, 1.54) is 6.20 Å². The molecule has 92 valence electrons. The highest BCUT2D eigenvalue weighted by atomic mass is 16.2. The van der Waals surface area contributed by atoms with E-state index in [1.54, 1.807) is 19.2 Å². The SMILES string of the molecule is CNC(=O)c1ccc(NC(=O)CC(C)C)nc1. The Morgan fingerprint density at radius 1 is 1.35 bits per heavy atom. The van der Waals surface area contributed by atoms with Crippen molar-refractivity contribution in [2.75, 3.05) is 12.4 Å². The van der Waals surface area contributed by atoms with Gasteiger partial charge in [0.25, 0.3) is 5.91 Å². The minimum absolute atomic E-state index is 0.0693. The van der Waals surface area contributed by atoms with Crippen molar-refractivity contribution in [3.63, 3.8) is 0 Å². The summed E-state index contributed by atoms with van der Waals surface area (Å²) in [5.74, 6) is 0.501. The van der Waals surface area contributed by atoms with Crippen LogP contribution in [0.1, 0.15) is 30.6 Å². The predicted molar refractivity (Wildman–Crippen MR) is 65.7 cm³/mol. The van der Waals surface area contributed by atoms with Crippen LogP contribution in [0.2, 0.25) is 0 Å². The lowest BCUT2D eigenvalue weighted by molar-refractivity contribution is -0.116. The molecule has 2 N–H and O–H groups in total. The lowest BCUT2D eigenvalue weighted by Gasteiger charge is -2.06. The zero-order chi connectivity index (χ0) is 12.8. The molecule has 0 aromatic carbocycles. The van der Waals surface area contributed by atoms with Gasteiger partial charge in [0, 0.05) is 19.7 Å². The van der Waals surface area contributed by atoms with E-state index in [4.69, 9.17) is 0 Å². The lowest BCUT2D eigenvalue weighted by atomic mass is 10.1. The molecule has 1 aromatic rings. The standard InChI is InChI=1S/C12H17N3O2/c1-8(2)6-11(16)15-10-5-4-9(7-14-10)12(17)13-3/h4-5,7-8H,6H2,1-3H3,(H,13,17)(H,14,15,16). The topological polar surface area (TPSA) is 71.1 Å². The first-order valence-electron chi connectivity index (χ1n) is 5.51. The number of anilines is 1. The van der Waals surface area contributed by atoms with Gasteiger partial charge in [-0.15, -0.1) is 0 Å². The number of rotatable bonds is 4. The summed E-state index contributed by atoms with van der Waals surface area (Å²) in [6.45, 7) is 3.95. The van der Waals surface area contributed by atoms with Crippen molar-refractivity contribution in [1.29, 1.82) is 0 Å². The molecule has 0 aliphatic heterocycles. The molecule has 0 saturated carbocycles. The van der Waals surface area contributed by atoms with Crippen LogP contribution in [0.15, 0.2) is 18.3 Å². The molecular weight excluding hydrogens is 218 g/mol. The molecular formula is C12H17N3O2. The van der Waals surface area contributed by atoms with Gasteiger partial charge in [0.15, 0.2) is 0 Å². The second-order valence-electron chi connectivity index (χ2n) is 4.16. The van der Waals surface area contributed by atoms with Crippen molar-refractivity contribution in [3.05, 3.63) is 23.9 Å². The number of carbonyl (C=O) groups is 2. The number of carbonyl (C=O) groups excluding carboxylic acids is 2. The maximum Gasteiger partial charge on any atom is 0.252 e. The Hall–Kier alpha value is -1.91. The Kier molecular flexibility index (Phi) is 4.63. The van der Waals surface area contributed by atoms with Gasteiger partial charge in [-0.3, -0.25) is 9.59 Å². The number of hydrogen-bond donors (Lipinski definition) is 2. The van der Waals surface area contributed by atoms with Crippen molar-refractivity contribution < 1.29 is 9.59 Å². The van der Waals surface area contributed by atoms with Gasteiger partial charge < -0.3 is 10.6 Å². The van der Waals surface area contributed by atoms with E-state index in [0.717, 1.165) is 0 Å². The van der Waals surface area contributed by atoms with E-state index < -0.39 is 0 Å². The number of amides is 2. The monoisotopic (exact) mass is 235 g/mol. The zero-order valence-electron chi connectivity index (χ0n) is 10.3. The highest BCUT2D eigenvalue weighted by Crippen LogP contribution is 2.07. The van der Waals surface area contributed by atoms with Crippen molar-refractivity contribution in [3.8, 4) is 0 Å². The highest BCUT2D eigenvalue weighted by Gasteiger charge is 2.07. The molecule has 0 saturated heterocycles. The smallest absolute Gasteiger partial charge is 0.252 e. The van der Waals surface area contributed by atoms with Crippen LogP contribution in [0.3, 0.4) is 0 Å². The van der Waals surface area contributed by atoms with Gasteiger partial charge in [-0.05, 0) is 18.1 Å². The summed E-state index contributed by atoms with van der Waals surface area (Å²) in [6, 6.07) is 3.24. The fraction of sp³-hybridized carbons (Fsp3) is 0.417. The van der Waals surface area contributed by atoms with Crippen LogP contribution in [0.4, 0.5) is 5.82 Å². The number of nitrogens with zero attached hydrogens (tertiary/aromatic N) is 1. The zero-order valence-corrected chi connectivity index (χ0v) is 10.3. The van der Waals surface area contributed by atoms with Gasteiger partial charge in [0.1, 0.15) is 5.82 Å². The van der Waals surface area contributed by atoms with Gasteiger partial charge in [-0.1, -0.05) is 13.8 Å². The Bertz CT molecular complexity index is 399. The molecule has 0 atom stereocenters. The molecule has 0 radical (unpaired) electrons. The van der Waals surface area contributed by atoms with Crippen molar-refractivity contribution >= 4 is 17.6 Å². The fourth-order valence-electron chi connectivity index (χ4n) is 1.31. The molecule has 1 rings (SSSR count). The summed E-state index contributed by atoms with van der Waals surface area (Å²) in [6.07, 6.45) is 1.89. The summed E-state index contributed by atoms with van der Waals surface area (Å²) in [5.41, 5.74) is 0.467. The largest absolute Gasteiger partial charge is 0.355 e. The summed E-state index contributed by atoms with van der Waals surface area (Å²) >= 11 is 0. The molecule has 5 heteroatoms. The van der Waals surface area contributed by atoms with E-state index in [2.05, 4.69) is 15.6 Å². The van der Waals surface area contributed by atoms with Crippen LogP contribution >= 0.6 is 0 Å².